The Bertz CT molecular complexity index is 810. The van der Waals surface area contributed by atoms with E-state index in [1.807, 2.05) is 18.3 Å². The van der Waals surface area contributed by atoms with Gasteiger partial charge in [-0.15, -0.1) is 5.10 Å². The van der Waals surface area contributed by atoms with Crippen molar-refractivity contribution in [3.8, 4) is 0 Å². The summed E-state index contributed by atoms with van der Waals surface area (Å²) in [6.07, 6.45) is 4.99. The second-order valence-corrected chi connectivity index (χ2v) is 4.99. The smallest absolute Gasteiger partial charge is 0.258 e. The van der Waals surface area contributed by atoms with Crippen molar-refractivity contribution in [1.29, 1.82) is 0 Å². The maximum absolute atomic E-state index is 12.1. The van der Waals surface area contributed by atoms with E-state index in [0.717, 1.165) is 18.8 Å². The van der Waals surface area contributed by atoms with Crippen LogP contribution in [0.25, 0.3) is 5.65 Å². The monoisotopic (exact) mass is 310 g/mol. The first-order valence-electron chi connectivity index (χ1n) is 7.54. The Balaban J connectivity index is 1.84. The maximum Gasteiger partial charge on any atom is 0.258 e. The molecule has 3 heterocycles. The van der Waals surface area contributed by atoms with Crippen molar-refractivity contribution < 1.29 is 4.79 Å². The molecule has 0 aliphatic heterocycles. The quantitative estimate of drug-likeness (QED) is 0.782. The van der Waals surface area contributed by atoms with Crippen molar-refractivity contribution in [1.82, 2.24) is 19.6 Å². The number of carbonyl (C=O) groups is 1. The lowest BCUT2D eigenvalue weighted by atomic mass is 10.2. The van der Waals surface area contributed by atoms with Gasteiger partial charge in [0.1, 0.15) is 0 Å². The van der Waals surface area contributed by atoms with Gasteiger partial charge in [-0.3, -0.25) is 15.1 Å². The minimum absolute atomic E-state index is 0.257. The van der Waals surface area contributed by atoms with E-state index in [2.05, 4.69) is 39.1 Å². The van der Waals surface area contributed by atoms with Gasteiger partial charge in [0.15, 0.2) is 5.65 Å². The van der Waals surface area contributed by atoms with Crippen LogP contribution in [0.2, 0.25) is 0 Å². The highest BCUT2D eigenvalue weighted by molar-refractivity contribution is 6.03. The molecule has 118 valence electrons. The topological polar surface area (TPSA) is 75.4 Å². The van der Waals surface area contributed by atoms with Gasteiger partial charge < -0.3 is 4.90 Å². The lowest BCUT2D eigenvalue weighted by Gasteiger charge is -2.20. The van der Waals surface area contributed by atoms with E-state index in [4.69, 9.17) is 0 Å². The summed E-state index contributed by atoms with van der Waals surface area (Å²) in [7, 11) is 0. The van der Waals surface area contributed by atoms with Crippen LogP contribution in [-0.2, 0) is 0 Å². The minimum Gasteiger partial charge on any atom is -0.372 e. The van der Waals surface area contributed by atoms with Crippen molar-refractivity contribution >= 4 is 23.2 Å². The lowest BCUT2D eigenvalue weighted by Crippen LogP contribution is -2.21. The van der Waals surface area contributed by atoms with E-state index < -0.39 is 0 Å². The second kappa shape index (κ2) is 6.43. The highest BCUT2D eigenvalue weighted by Crippen LogP contribution is 2.17. The number of amides is 1. The zero-order valence-corrected chi connectivity index (χ0v) is 13.1. The highest BCUT2D eigenvalue weighted by Gasteiger charge is 2.11. The Kier molecular flexibility index (Phi) is 4.18. The van der Waals surface area contributed by atoms with Crippen molar-refractivity contribution in [2.75, 3.05) is 23.3 Å². The molecule has 3 rings (SSSR count). The summed E-state index contributed by atoms with van der Waals surface area (Å²) in [4.78, 5) is 22.6. The molecule has 1 amide bonds. The third-order valence-corrected chi connectivity index (χ3v) is 3.62. The Hall–Kier alpha value is -2.96. The summed E-state index contributed by atoms with van der Waals surface area (Å²) in [6.45, 7) is 6.06. The molecule has 0 fully saturated rings. The van der Waals surface area contributed by atoms with Gasteiger partial charge in [-0.2, -0.15) is 4.98 Å². The SMILES string of the molecule is CCN(CC)c1ccn2nc(NC(=O)c3ccncc3)nc2c1. The van der Waals surface area contributed by atoms with Gasteiger partial charge in [0, 0.05) is 49.0 Å². The van der Waals surface area contributed by atoms with Gasteiger partial charge >= 0.3 is 0 Å². The molecule has 3 aromatic heterocycles. The number of fused-ring (bicyclic) bond motifs is 1. The van der Waals surface area contributed by atoms with E-state index in [1.165, 1.54) is 0 Å². The molecule has 3 aromatic rings. The van der Waals surface area contributed by atoms with Gasteiger partial charge in [-0.1, -0.05) is 0 Å². The van der Waals surface area contributed by atoms with E-state index in [0.29, 0.717) is 11.2 Å². The number of pyridine rings is 2. The first-order chi connectivity index (χ1) is 11.2. The summed E-state index contributed by atoms with van der Waals surface area (Å²) >= 11 is 0. The zero-order valence-electron chi connectivity index (χ0n) is 13.1. The van der Waals surface area contributed by atoms with Crippen molar-refractivity contribution in [3.05, 3.63) is 48.4 Å². The van der Waals surface area contributed by atoms with Crippen LogP contribution in [0.4, 0.5) is 11.6 Å². The van der Waals surface area contributed by atoms with Crippen LogP contribution in [0.5, 0.6) is 0 Å². The van der Waals surface area contributed by atoms with Crippen LogP contribution in [-0.4, -0.2) is 38.6 Å². The molecule has 0 bridgehead atoms. The molecule has 23 heavy (non-hydrogen) atoms. The van der Waals surface area contributed by atoms with Crippen LogP contribution >= 0.6 is 0 Å². The van der Waals surface area contributed by atoms with E-state index >= 15 is 0 Å². The molecule has 7 nitrogen and oxygen atoms in total. The summed E-state index contributed by atoms with van der Waals surface area (Å²) in [5, 5.41) is 6.97. The van der Waals surface area contributed by atoms with E-state index in [1.54, 1.807) is 29.0 Å². The van der Waals surface area contributed by atoms with Crippen LogP contribution in [0.15, 0.2) is 42.9 Å². The fourth-order valence-electron chi connectivity index (χ4n) is 2.39. The van der Waals surface area contributed by atoms with E-state index in [9.17, 15) is 4.79 Å². The zero-order chi connectivity index (χ0) is 16.2. The third-order valence-electron chi connectivity index (χ3n) is 3.62. The Labute approximate surface area is 134 Å². The van der Waals surface area contributed by atoms with Gasteiger partial charge in [0.25, 0.3) is 5.91 Å². The first kappa shape index (κ1) is 15.0. The van der Waals surface area contributed by atoms with Crippen molar-refractivity contribution in [3.63, 3.8) is 0 Å². The van der Waals surface area contributed by atoms with Gasteiger partial charge in [-0.05, 0) is 32.0 Å². The molecule has 0 atom stereocenters. The molecule has 0 unspecified atom stereocenters. The number of anilines is 2. The number of nitrogens with one attached hydrogen (secondary N) is 1. The number of carbonyl (C=O) groups excluding carboxylic acids is 1. The second-order valence-electron chi connectivity index (χ2n) is 4.99. The molecule has 0 spiro atoms. The molecule has 0 radical (unpaired) electrons. The average Bonchev–Trinajstić information content (AvgIpc) is 2.98. The summed E-state index contributed by atoms with van der Waals surface area (Å²) in [5.74, 6) is 0.0239. The van der Waals surface area contributed by atoms with Crippen molar-refractivity contribution in [2.45, 2.75) is 13.8 Å². The predicted molar refractivity (Wildman–Crippen MR) is 88.7 cm³/mol. The molecule has 0 saturated heterocycles. The Morgan fingerprint density at radius 1 is 1.22 bits per heavy atom. The largest absolute Gasteiger partial charge is 0.372 e. The van der Waals surface area contributed by atoms with Gasteiger partial charge in [-0.25, -0.2) is 4.52 Å². The molecule has 0 saturated carbocycles. The number of hydrogen-bond donors (Lipinski definition) is 1. The fraction of sp³-hybridized carbons (Fsp3) is 0.250. The predicted octanol–water partition coefficient (Wildman–Crippen LogP) is 2.22. The summed E-state index contributed by atoms with van der Waals surface area (Å²) < 4.78 is 1.65. The molecule has 0 aliphatic carbocycles. The molecule has 7 heteroatoms. The molecule has 0 aromatic carbocycles. The van der Waals surface area contributed by atoms with Gasteiger partial charge in [0.2, 0.25) is 5.95 Å². The van der Waals surface area contributed by atoms with Crippen molar-refractivity contribution in [2.24, 2.45) is 0 Å². The number of nitrogens with zero attached hydrogens (tertiary/aromatic N) is 5. The Morgan fingerprint density at radius 2 is 1.96 bits per heavy atom. The van der Waals surface area contributed by atoms with Crippen LogP contribution < -0.4 is 10.2 Å². The number of rotatable bonds is 5. The average molecular weight is 310 g/mol. The fourth-order valence-corrected chi connectivity index (χ4v) is 2.39. The number of aromatic nitrogens is 4. The molecule has 0 aliphatic rings. The van der Waals surface area contributed by atoms with Gasteiger partial charge in [0.05, 0.1) is 0 Å². The van der Waals surface area contributed by atoms with Crippen LogP contribution in [0, 0.1) is 0 Å². The molecular weight excluding hydrogens is 292 g/mol. The van der Waals surface area contributed by atoms with E-state index in [-0.39, 0.29) is 11.9 Å². The Morgan fingerprint density at radius 3 is 2.65 bits per heavy atom. The van der Waals surface area contributed by atoms with Crippen LogP contribution in [0.1, 0.15) is 24.2 Å². The van der Waals surface area contributed by atoms with Crippen LogP contribution in [0.3, 0.4) is 0 Å². The maximum atomic E-state index is 12.1. The normalized spacial score (nSPS) is 10.7. The molecule has 1 N–H and O–H groups in total. The highest BCUT2D eigenvalue weighted by atomic mass is 16.1. The first-order valence-corrected chi connectivity index (χ1v) is 7.54. The third kappa shape index (κ3) is 3.13. The molecular formula is C16H18N6O. The lowest BCUT2D eigenvalue weighted by molar-refractivity contribution is 0.102. The summed E-state index contributed by atoms with van der Waals surface area (Å²) in [5.41, 5.74) is 2.30. The summed E-state index contributed by atoms with van der Waals surface area (Å²) in [6, 6.07) is 7.23. The minimum atomic E-state index is -0.257. The number of hydrogen-bond acceptors (Lipinski definition) is 5. The standard InChI is InChI=1S/C16H18N6O/c1-3-21(4-2)13-7-10-22-14(11-13)18-16(20-22)19-15(23)12-5-8-17-9-6-12/h5-11H,3-4H2,1-2H3,(H,19,20,23).